The largest absolute Gasteiger partial charge is 0.383 e. The average molecular weight is 545 g/mol. The second-order valence-corrected chi connectivity index (χ2v) is 12.5. The SMILES string of the molecule is COCCn1c(=NC(=O)C2CCN(S(=O)(=O)c3ccc(Cl)s3)CC2)sc2ccc([N+](=O)[O-])cc21. The van der Waals surface area contributed by atoms with Crippen molar-refractivity contribution in [2.75, 3.05) is 26.8 Å². The lowest BCUT2D eigenvalue weighted by Crippen LogP contribution is -2.40. The van der Waals surface area contributed by atoms with Crippen LogP contribution >= 0.6 is 34.3 Å². The van der Waals surface area contributed by atoms with Crippen molar-refractivity contribution >= 4 is 66.1 Å². The summed E-state index contributed by atoms with van der Waals surface area (Å²) in [6.07, 6.45) is 0.713. The van der Waals surface area contributed by atoms with Crippen LogP contribution in [0.5, 0.6) is 0 Å². The third-order valence-corrected chi connectivity index (χ3v) is 10.2. The minimum Gasteiger partial charge on any atom is -0.383 e. The monoisotopic (exact) mass is 544 g/mol. The standard InChI is InChI=1S/C20H21ClN4O6S3/c1-31-11-10-24-15-12-14(25(27)28)2-3-16(15)32-20(24)22-19(26)13-6-8-23(9-7-13)34(29,30)18-5-4-17(21)33-18/h2-5,12-13H,6-11H2,1H3. The molecule has 0 spiro atoms. The molecule has 0 saturated carbocycles. The molecule has 4 rings (SSSR count). The van der Waals surface area contributed by atoms with Crippen molar-refractivity contribution in [2.45, 2.75) is 23.6 Å². The molecule has 2 aromatic heterocycles. The van der Waals surface area contributed by atoms with Crippen LogP contribution in [0.2, 0.25) is 4.34 Å². The average Bonchev–Trinajstić information content (AvgIpc) is 3.40. The van der Waals surface area contributed by atoms with Gasteiger partial charge in [0, 0.05) is 44.8 Å². The summed E-state index contributed by atoms with van der Waals surface area (Å²) in [7, 11) is -2.09. The predicted octanol–water partition coefficient (Wildman–Crippen LogP) is 3.50. The molecule has 3 heterocycles. The Bertz CT molecular complexity index is 1400. The number of fused-ring (bicyclic) bond motifs is 1. The van der Waals surface area contributed by atoms with Gasteiger partial charge in [-0.3, -0.25) is 14.9 Å². The molecule has 1 saturated heterocycles. The normalized spacial score (nSPS) is 16.4. The van der Waals surface area contributed by atoms with E-state index in [1.807, 2.05) is 0 Å². The Morgan fingerprint density at radius 2 is 2.00 bits per heavy atom. The molecule has 1 aromatic carbocycles. The number of piperidine rings is 1. The van der Waals surface area contributed by atoms with E-state index in [9.17, 15) is 23.3 Å². The highest BCUT2D eigenvalue weighted by molar-refractivity contribution is 7.91. The molecule has 0 aliphatic carbocycles. The summed E-state index contributed by atoms with van der Waals surface area (Å²) in [6, 6.07) is 7.56. The number of non-ortho nitro benzene ring substituents is 1. The predicted molar refractivity (Wildman–Crippen MR) is 130 cm³/mol. The number of carbonyl (C=O) groups excluding carboxylic acids is 1. The van der Waals surface area contributed by atoms with Crippen molar-refractivity contribution in [3.63, 3.8) is 0 Å². The first-order valence-electron chi connectivity index (χ1n) is 10.3. The van der Waals surface area contributed by atoms with E-state index in [0.29, 0.717) is 40.6 Å². The Labute approximate surface area is 208 Å². The number of rotatable bonds is 7. The van der Waals surface area contributed by atoms with Gasteiger partial charge in [-0.2, -0.15) is 9.30 Å². The van der Waals surface area contributed by atoms with Gasteiger partial charge in [0.2, 0.25) is 0 Å². The highest BCUT2D eigenvalue weighted by Crippen LogP contribution is 2.31. The van der Waals surface area contributed by atoms with Crippen LogP contribution in [0.15, 0.2) is 39.5 Å². The first-order chi connectivity index (χ1) is 16.2. The number of amides is 1. The molecule has 14 heteroatoms. The molecular weight excluding hydrogens is 524 g/mol. The molecule has 1 amide bonds. The Kier molecular flexibility index (Phi) is 7.50. The number of halogens is 1. The van der Waals surface area contributed by atoms with Gasteiger partial charge in [0.25, 0.3) is 21.6 Å². The molecule has 0 N–H and O–H groups in total. The van der Waals surface area contributed by atoms with E-state index in [4.69, 9.17) is 16.3 Å². The maximum atomic E-state index is 13.0. The van der Waals surface area contributed by atoms with Gasteiger partial charge in [-0.25, -0.2) is 8.42 Å². The van der Waals surface area contributed by atoms with Crippen LogP contribution in [-0.2, 0) is 26.1 Å². The highest BCUT2D eigenvalue weighted by Gasteiger charge is 2.33. The van der Waals surface area contributed by atoms with Crippen molar-refractivity contribution in [1.82, 2.24) is 8.87 Å². The van der Waals surface area contributed by atoms with Gasteiger partial charge in [0.05, 0.1) is 26.1 Å². The van der Waals surface area contributed by atoms with Crippen molar-refractivity contribution in [3.8, 4) is 0 Å². The van der Waals surface area contributed by atoms with E-state index in [1.165, 1.54) is 33.8 Å². The summed E-state index contributed by atoms with van der Waals surface area (Å²) >= 11 is 8.16. The number of nitro benzene ring substituents is 1. The van der Waals surface area contributed by atoms with Gasteiger partial charge in [0.15, 0.2) is 4.80 Å². The fourth-order valence-corrected chi connectivity index (χ4v) is 7.90. The fourth-order valence-electron chi connectivity index (χ4n) is 3.75. The number of sulfonamides is 1. The minimum absolute atomic E-state index is 0.0463. The molecule has 1 aliphatic heterocycles. The molecular formula is C20H21ClN4O6S3. The Morgan fingerprint density at radius 3 is 2.62 bits per heavy atom. The van der Waals surface area contributed by atoms with E-state index in [1.54, 1.807) is 23.8 Å². The van der Waals surface area contributed by atoms with Gasteiger partial charge < -0.3 is 9.30 Å². The smallest absolute Gasteiger partial charge is 0.271 e. The maximum Gasteiger partial charge on any atom is 0.271 e. The highest BCUT2D eigenvalue weighted by atomic mass is 35.5. The van der Waals surface area contributed by atoms with E-state index in [0.717, 1.165) is 16.0 Å². The number of thiazole rings is 1. The zero-order valence-electron chi connectivity index (χ0n) is 18.0. The van der Waals surface area contributed by atoms with Gasteiger partial charge in [-0.05, 0) is 31.0 Å². The fraction of sp³-hybridized carbons (Fsp3) is 0.400. The lowest BCUT2D eigenvalue weighted by molar-refractivity contribution is -0.384. The number of methoxy groups -OCH3 is 1. The van der Waals surface area contributed by atoms with Crippen LogP contribution < -0.4 is 4.80 Å². The molecule has 3 aromatic rings. The van der Waals surface area contributed by atoms with E-state index >= 15 is 0 Å². The minimum atomic E-state index is -3.64. The first-order valence-corrected chi connectivity index (χ1v) is 13.8. The van der Waals surface area contributed by atoms with Gasteiger partial charge in [-0.15, -0.1) is 11.3 Å². The van der Waals surface area contributed by atoms with Crippen LogP contribution in [0, 0.1) is 16.0 Å². The third-order valence-electron chi connectivity index (χ3n) is 5.55. The lowest BCUT2D eigenvalue weighted by Gasteiger charge is -2.29. The topological polar surface area (TPSA) is 124 Å². The van der Waals surface area contributed by atoms with Gasteiger partial charge >= 0.3 is 0 Å². The summed E-state index contributed by atoms with van der Waals surface area (Å²) < 4.78 is 35.2. The summed E-state index contributed by atoms with van der Waals surface area (Å²) in [5, 5.41) is 11.2. The molecule has 1 fully saturated rings. The number of nitro groups is 1. The zero-order valence-corrected chi connectivity index (χ0v) is 21.3. The molecule has 34 heavy (non-hydrogen) atoms. The van der Waals surface area contributed by atoms with Crippen molar-refractivity contribution < 1.29 is 22.9 Å². The zero-order chi connectivity index (χ0) is 24.5. The summed E-state index contributed by atoms with van der Waals surface area (Å²) in [5.74, 6) is -0.739. The van der Waals surface area contributed by atoms with E-state index < -0.39 is 20.9 Å². The number of hydrogen-bond acceptors (Lipinski definition) is 8. The number of benzene rings is 1. The molecule has 0 unspecified atom stereocenters. The molecule has 0 radical (unpaired) electrons. The number of ether oxygens (including phenoxy) is 1. The van der Waals surface area contributed by atoms with E-state index in [2.05, 4.69) is 4.99 Å². The van der Waals surface area contributed by atoms with Crippen molar-refractivity contribution in [2.24, 2.45) is 10.9 Å². The summed E-state index contributed by atoms with van der Waals surface area (Å²) in [5.41, 5.74) is 0.563. The van der Waals surface area contributed by atoms with Crippen molar-refractivity contribution in [3.05, 3.63) is 49.6 Å². The van der Waals surface area contributed by atoms with E-state index in [-0.39, 0.29) is 28.9 Å². The third kappa shape index (κ3) is 5.09. The molecule has 0 bridgehead atoms. The number of carbonyl (C=O) groups is 1. The molecule has 10 nitrogen and oxygen atoms in total. The molecule has 1 aliphatic rings. The number of nitrogens with zero attached hydrogens (tertiary/aromatic N) is 4. The molecule has 0 atom stereocenters. The number of thiophene rings is 1. The second kappa shape index (κ2) is 10.2. The Hall–Kier alpha value is -2.16. The second-order valence-electron chi connectivity index (χ2n) is 7.63. The van der Waals surface area contributed by atoms with Crippen LogP contribution in [0.3, 0.4) is 0 Å². The van der Waals surface area contributed by atoms with Gasteiger partial charge in [0.1, 0.15) is 4.21 Å². The lowest BCUT2D eigenvalue weighted by atomic mass is 9.98. The van der Waals surface area contributed by atoms with Crippen LogP contribution in [0.25, 0.3) is 10.2 Å². The summed E-state index contributed by atoms with van der Waals surface area (Å²) in [6.45, 7) is 1.15. The van der Waals surface area contributed by atoms with Crippen LogP contribution in [0.1, 0.15) is 12.8 Å². The number of aromatic nitrogens is 1. The number of hydrogen-bond donors (Lipinski definition) is 0. The van der Waals surface area contributed by atoms with Crippen LogP contribution in [0.4, 0.5) is 5.69 Å². The maximum absolute atomic E-state index is 13.0. The molecule has 182 valence electrons. The Balaban J connectivity index is 1.56. The first kappa shape index (κ1) is 24.9. The van der Waals surface area contributed by atoms with Crippen molar-refractivity contribution in [1.29, 1.82) is 0 Å². The summed E-state index contributed by atoms with van der Waals surface area (Å²) in [4.78, 5) is 28.5. The van der Waals surface area contributed by atoms with Gasteiger partial charge in [-0.1, -0.05) is 22.9 Å². The Morgan fingerprint density at radius 1 is 1.26 bits per heavy atom. The van der Waals surface area contributed by atoms with Crippen LogP contribution in [-0.4, -0.2) is 54.9 Å². The quantitative estimate of drug-likeness (QED) is 0.331.